The summed E-state index contributed by atoms with van der Waals surface area (Å²) in [5, 5.41) is 24.3. The van der Waals surface area contributed by atoms with Crippen LogP contribution in [-0.4, -0.2) is 33.9 Å². The number of para-hydroxylation sites is 2. The third-order valence-corrected chi connectivity index (χ3v) is 5.03. The molecule has 10 nitrogen and oxygen atoms in total. The van der Waals surface area contributed by atoms with Crippen molar-refractivity contribution in [3.05, 3.63) is 76.2 Å². The number of benzene rings is 2. The Labute approximate surface area is 195 Å². The van der Waals surface area contributed by atoms with Gasteiger partial charge >= 0.3 is 12.0 Å². The van der Waals surface area contributed by atoms with Gasteiger partial charge in [-0.25, -0.2) is 4.79 Å². The van der Waals surface area contributed by atoms with Gasteiger partial charge in [-0.2, -0.15) is 0 Å². The summed E-state index contributed by atoms with van der Waals surface area (Å²) in [5.74, 6) is 0.0656. The van der Waals surface area contributed by atoms with Crippen molar-refractivity contribution in [2.75, 3.05) is 12.4 Å². The minimum Gasteiger partial charge on any atom is -0.505 e. The number of methoxy groups -OCH3 is 1. The molecule has 1 heterocycles. The normalized spacial score (nSPS) is 11.4. The van der Waals surface area contributed by atoms with Crippen LogP contribution in [0.25, 0.3) is 0 Å². The number of ether oxygens (including phenoxy) is 2. The number of rotatable bonds is 8. The van der Waals surface area contributed by atoms with Crippen LogP contribution in [0.1, 0.15) is 23.6 Å². The number of aromatic nitrogens is 1. The van der Waals surface area contributed by atoms with Crippen LogP contribution >= 0.6 is 0 Å². The van der Waals surface area contributed by atoms with Gasteiger partial charge in [0.2, 0.25) is 0 Å². The Hall–Kier alpha value is -4.47. The lowest BCUT2D eigenvalue weighted by Gasteiger charge is -2.19. The highest BCUT2D eigenvalue weighted by Crippen LogP contribution is 2.31. The van der Waals surface area contributed by atoms with Crippen molar-refractivity contribution >= 4 is 17.7 Å². The number of aliphatic carboxylic acids is 1. The van der Waals surface area contributed by atoms with Gasteiger partial charge in [0.05, 0.1) is 19.6 Å². The van der Waals surface area contributed by atoms with Gasteiger partial charge in [0.1, 0.15) is 11.5 Å². The Bertz CT molecular complexity index is 1250. The van der Waals surface area contributed by atoms with Crippen LogP contribution in [0.15, 0.2) is 59.5 Å². The number of aromatic hydroxyl groups is 1. The minimum absolute atomic E-state index is 0.297. The van der Waals surface area contributed by atoms with Crippen LogP contribution in [0.4, 0.5) is 10.5 Å². The Morgan fingerprint density at radius 3 is 2.35 bits per heavy atom. The predicted molar refractivity (Wildman–Crippen MR) is 125 cm³/mol. The van der Waals surface area contributed by atoms with Gasteiger partial charge in [-0.15, -0.1) is 0 Å². The van der Waals surface area contributed by atoms with Gasteiger partial charge < -0.3 is 34.9 Å². The fraction of sp³-hybridized carbons (Fsp3) is 0.208. The summed E-state index contributed by atoms with van der Waals surface area (Å²) in [7, 11) is 3.02. The number of carbonyl (C=O) groups is 2. The van der Waals surface area contributed by atoms with Gasteiger partial charge in [0.15, 0.2) is 17.2 Å². The largest absolute Gasteiger partial charge is 0.505 e. The summed E-state index contributed by atoms with van der Waals surface area (Å²) in [6, 6.07) is 11.9. The van der Waals surface area contributed by atoms with Crippen molar-refractivity contribution in [3.8, 4) is 23.0 Å². The molecule has 10 heteroatoms. The van der Waals surface area contributed by atoms with Crippen molar-refractivity contribution in [1.29, 1.82) is 0 Å². The standard InChI is InChI=1S/C24H25N3O7/c1-14-13-27(2)23(31)21(22(14)30)26-24(32)25-17(12-20(28)29)15-8-10-16(11-9-15)34-19-7-5-4-6-18(19)33-3/h4-11,13,17,30H,12H2,1-3H3,(H,28,29)(H2,25,26,32). The number of nitrogens with one attached hydrogen (secondary N) is 2. The molecule has 0 aliphatic heterocycles. The molecule has 1 unspecified atom stereocenters. The first-order chi connectivity index (χ1) is 16.2. The molecule has 2 aromatic carbocycles. The third-order valence-electron chi connectivity index (χ3n) is 5.03. The average Bonchev–Trinajstić information content (AvgIpc) is 2.81. The van der Waals surface area contributed by atoms with Crippen LogP contribution in [0.2, 0.25) is 0 Å². The number of carbonyl (C=O) groups excluding carboxylic acids is 1. The Morgan fingerprint density at radius 1 is 1.09 bits per heavy atom. The second kappa shape index (κ2) is 10.4. The zero-order valence-electron chi connectivity index (χ0n) is 18.9. The molecule has 0 radical (unpaired) electrons. The van der Waals surface area contributed by atoms with Crippen molar-refractivity contribution in [2.24, 2.45) is 7.05 Å². The van der Waals surface area contributed by atoms with E-state index in [1.54, 1.807) is 49.4 Å². The van der Waals surface area contributed by atoms with E-state index in [0.717, 1.165) is 0 Å². The minimum atomic E-state index is -1.13. The monoisotopic (exact) mass is 467 g/mol. The molecule has 1 atom stereocenters. The number of hydrogen-bond donors (Lipinski definition) is 4. The quantitative estimate of drug-likeness (QED) is 0.397. The van der Waals surface area contributed by atoms with E-state index in [0.29, 0.717) is 28.4 Å². The van der Waals surface area contributed by atoms with Crippen molar-refractivity contribution < 1.29 is 29.3 Å². The van der Waals surface area contributed by atoms with E-state index in [4.69, 9.17) is 9.47 Å². The fourth-order valence-corrected chi connectivity index (χ4v) is 3.33. The Balaban J connectivity index is 1.78. The molecule has 0 spiro atoms. The summed E-state index contributed by atoms with van der Waals surface area (Å²) >= 11 is 0. The molecule has 34 heavy (non-hydrogen) atoms. The molecule has 0 saturated heterocycles. The van der Waals surface area contributed by atoms with Crippen LogP contribution in [-0.2, 0) is 11.8 Å². The zero-order valence-corrected chi connectivity index (χ0v) is 18.9. The van der Waals surface area contributed by atoms with Crippen molar-refractivity contribution in [2.45, 2.75) is 19.4 Å². The number of aryl methyl sites for hydroxylation is 2. The lowest BCUT2D eigenvalue weighted by molar-refractivity contribution is -0.137. The number of carboxylic acid groups (broad SMARTS) is 1. The SMILES string of the molecule is COc1ccccc1Oc1ccc(C(CC(=O)O)NC(=O)Nc2c(O)c(C)cn(C)c2=O)cc1. The number of amides is 2. The third kappa shape index (κ3) is 5.66. The molecule has 0 bridgehead atoms. The summed E-state index contributed by atoms with van der Waals surface area (Å²) in [6.45, 7) is 1.58. The van der Waals surface area contributed by atoms with E-state index in [1.165, 1.54) is 24.9 Å². The molecule has 0 saturated carbocycles. The highest BCUT2D eigenvalue weighted by molar-refractivity contribution is 5.91. The van der Waals surface area contributed by atoms with Crippen molar-refractivity contribution in [3.63, 3.8) is 0 Å². The molecule has 2 amide bonds. The average molecular weight is 467 g/mol. The van der Waals surface area contributed by atoms with E-state index in [-0.39, 0.29) is 11.4 Å². The molecule has 178 valence electrons. The molecule has 0 fully saturated rings. The Morgan fingerprint density at radius 2 is 1.74 bits per heavy atom. The second-order valence-electron chi connectivity index (χ2n) is 7.52. The smallest absolute Gasteiger partial charge is 0.319 e. The van der Waals surface area contributed by atoms with E-state index < -0.39 is 30.0 Å². The number of hydrogen-bond acceptors (Lipinski definition) is 6. The number of nitrogens with zero attached hydrogens (tertiary/aromatic N) is 1. The number of pyridine rings is 1. The highest BCUT2D eigenvalue weighted by Gasteiger charge is 2.21. The summed E-state index contributed by atoms with van der Waals surface area (Å²) < 4.78 is 12.3. The van der Waals surface area contributed by atoms with Crippen molar-refractivity contribution in [1.82, 2.24) is 9.88 Å². The summed E-state index contributed by atoms with van der Waals surface area (Å²) in [6.07, 6.45) is 1.03. The van der Waals surface area contributed by atoms with Gasteiger partial charge in [-0.1, -0.05) is 24.3 Å². The zero-order chi connectivity index (χ0) is 24.8. The first-order valence-electron chi connectivity index (χ1n) is 10.3. The fourth-order valence-electron chi connectivity index (χ4n) is 3.33. The van der Waals surface area contributed by atoms with Crippen LogP contribution in [0, 0.1) is 6.92 Å². The molecule has 0 aliphatic rings. The first kappa shape index (κ1) is 24.2. The van der Waals surface area contributed by atoms with Gasteiger partial charge in [-0.05, 0) is 36.8 Å². The number of urea groups is 1. The maximum Gasteiger partial charge on any atom is 0.319 e. The van der Waals surface area contributed by atoms with Gasteiger partial charge in [0.25, 0.3) is 5.56 Å². The highest BCUT2D eigenvalue weighted by atomic mass is 16.5. The molecular formula is C24H25N3O7. The van der Waals surface area contributed by atoms with E-state index in [1.807, 2.05) is 6.07 Å². The summed E-state index contributed by atoms with van der Waals surface area (Å²) in [5.41, 5.74) is -0.00285. The van der Waals surface area contributed by atoms with Gasteiger partial charge in [-0.3, -0.25) is 9.59 Å². The number of anilines is 1. The van der Waals surface area contributed by atoms with E-state index in [2.05, 4.69) is 10.6 Å². The van der Waals surface area contributed by atoms with Crippen LogP contribution < -0.4 is 25.7 Å². The predicted octanol–water partition coefficient (Wildman–Crippen LogP) is 3.54. The van der Waals surface area contributed by atoms with Gasteiger partial charge in [0, 0.05) is 18.8 Å². The molecule has 0 aliphatic carbocycles. The number of carboxylic acids is 1. The molecule has 1 aromatic heterocycles. The Kier molecular flexibility index (Phi) is 7.42. The lowest BCUT2D eigenvalue weighted by Crippen LogP contribution is -2.36. The maximum atomic E-state index is 12.6. The molecule has 3 rings (SSSR count). The molecule has 3 aromatic rings. The maximum absolute atomic E-state index is 12.6. The molecule has 4 N–H and O–H groups in total. The molecular weight excluding hydrogens is 442 g/mol. The lowest BCUT2D eigenvalue weighted by atomic mass is 10.0. The van der Waals surface area contributed by atoms with Crippen LogP contribution in [0.5, 0.6) is 23.0 Å². The summed E-state index contributed by atoms with van der Waals surface area (Å²) in [4.78, 5) is 36.3. The van der Waals surface area contributed by atoms with E-state index >= 15 is 0 Å². The topological polar surface area (TPSA) is 139 Å². The second-order valence-corrected chi connectivity index (χ2v) is 7.52. The van der Waals surface area contributed by atoms with Crippen LogP contribution in [0.3, 0.4) is 0 Å². The van der Waals surface area contributed by atoms with E-state index in [9.17, 15) is 24.6 Å². The first-order valence-corrected chi connectivity index (χ1v) is 10.3.